The molecule has 0 aliphatic rings. The minimum Gasteiger partial charge on any atom is -0.384 e. The van der Waals surface area contributed by atoms with Crippen LogP contribution in [0.4, 0.5) is 0 Å². The Morgan fingerprint density at radius 1 is 1.40 bits per heavy atom. The van der Waals surface area contributed by atoms with Gasteiger partial charge in [-0.3, -0.25) is 0 Å². The van der Waals surface area contributed by atoms with Crippen LogP contribution >= 0.6 is 38.6 Å². The van der Waals surface area contributed by atoms with Gasteiger partial charge in [0, 0.05) is 16.2 Å². The predicted molar refractivity (Wildman–Crippen MR) is 69.6 cm³/mol. The summed E-state index contributed by atoms with van der Waals surface area (Å²) >= 11 is 6.70. The second kappa shape index (κ2) is 4.37. The van der Waals surface area contributed by atoms with Gasteiger partial charge in [-0.05, 0) is 46.4 Å². The molecule has 2 heterocycles. The highest BCUT2D eigenvalue weighted by Crippen LogP contribution is 2.32. The molecule has 1 atom stereocenters. The van der Waals surface area contributed by atoms with Crippen molar-refractivity contribution in [1.29, 1.82) is 0 Å². The van der Waals surface area contributed by atoms with Gasteiger partial charge in [-0.25, -0.2) is 0 Å². The number of thiophene rings is 2. The average molecular weight is 303 g/mol. The first-order chi connectivity index (χ1) is 7.08. The number of hydrogen-bond donors (Lipinski definition) is 1. The first kappa shape index (κ1) is 11.3. The Morgan fingerprint density at radius 3 is 2.73 bits per heavy atom. The number of rotatable bonds is 3. The molecule has 0 aromatic carbocycles. The van der Waals surface area contributed by atoms with Crippen molar-refractivity contribution < 1.29 is 5.11 Å². The molecule has 2 rings (SSSR count). The quantitative estimate of drug-likeness (QED) is 0.908. The summed E-state index contributed by atoms with van der Waals surface area (Å²) in [5.74, 6) is 0. The summed E-state index contributed by atoms with van der Waals surface area (Å²) in [7, 11) is 0. The van der Waals surface area contributed by atoms with Crippen molar-refractivity contribution in [3.05, 3.63) is 43.2 Å². The van der Waals surface area contributed by atoms with Crippen LogP contribution in [0.1, 0.15) is 16.7 Å². The van der Waals surface area contributed by atoms with E-state index in [0.717, 1.165) is 8.66 Å². The van der Waals surface area contributed by atoms with Crippen LogP contribution in [0.25, 0.3) is 0 Å². The summed E-state index contributed by atoms with van der Waals surface area (Å²) in [5, 5.41) is 12.3. The second-order valence-electron chi connectivity index (χ2n) is 3.63. The Morgan fingerprint density at radius 2 is 2.20 bits per heavy atom. The Balaban J connectivity index is 2.18. The maximum Gasteiger partial charge on any atom is 0.101 e. The van der Waals surface area contributed by atoms with Gasteiger partial charge in [0.05, 0.1) is 3.79 Å². The molecule has 0 aliphatic carbocycles. The Labute approximate surface area is 106 Å². The molecular weight excluding hydrogens is 292 g/mol. The van der Waals surface area contributed by atoms with Crippen molar-refractivity contribution >= 4 is 38.6 Å². The monoisotopic (exact) mass is 302 g/mol. The minimum atomic E-state index is -0.752. The summed E-state index contributed by atoms with van der Waals surface area (Å²) in [4.78, 5) is 2.22. The predicted octanol–water partition coefficient (Wildman–Crippen LogP) is 4.02. The fourth-order valence-electron chi connectivity index (χ4n) is 1.46. The first-order valence-corrected chi connectivity index (χ1v) is 7.07. The number of halogens is 1. The molecule has 0 spiro atoms. The van der Waals surface area contributed by atoms with E-state index in [1.165, 1.54) is 4.88 Å². The second-order valence-corrected chi connectivity index (χ2v) is 7.13. The molecule has 1 N–H and O–H groups in total. The van der Waals surface area contributed by atoms with E-state index in [2.05, 4.69) is 22.0 Å². The summed E-state index contributed by atoms with van der Waals surface area (Å²) in [6.07, 6.45) is 0.670. The zero-order valence-corrected chi connectivity index (χ0v) is 11.5. The van der Waals surface area contributed by atoms with Gasteiger partial charge in [-0.1, -0.05) is 6.07 Å². The third kappa shape index (κ3) is 2.69. The molecule has 0 bridgehead atoms. The molecule has 0 saturated carbocycles. The molecule has 4 heteroatoms. The number of aliphatic hydroxyl groups is 1. The van der Waals surface area contributed by atoms with Gasteiger partial charge in [-0.15, -0.1) is 22.7 Å². The molecule has 0 fully saturated rings. The van der Waals surface area contributed by atoms with Crippen molar-refractivity contribution in [3.8, 4) is 0 Å². The zero-order chi connectivity index (χ0) is 10.9. The lowest BCUT2D eigenvalue weighted by Gasteiger charge is -2.20. The van der Waals surface area contributed by atoms with E-state index < -0.39 is 5.60 Å². The third-order valence-electron chi connectivity index (χ3n) is 2.20. The van der Waals surface area contributed by atoms with Crippen molar-refractivity contribution in [2.24, 2.45) is 0 Å². The van der Waals surface area contributed by atoms with Crippen LogP contribution in [0, 0.1) is 0 Å². The van der Waals surface area contributed by atoms with Gasteiger partial charge >= 0.3 is 0 Å². The number of hydrogen-bond acceptors (Lipinski definition) is 3. The topological polar surface area (TPSA) is 20.2 Å². The molecule has 0 radical (unpaired) electrons. The van der Waals surface area contributed by atoms with Gasteiger partial charge < -0.3 is 5.11 Å². The molecular formula is C11H11BrOS2. The first-order valence-electron chi connectivity index (χ1n) is 4.58. The average Bonchev–Trinajstić information content (AvgIpc) is 2.75. The van der Waals surface area contributed by atoms with Crippen LogP contribution in [0.5, 0.6) is 0 Å². The Kier molecular flexibility index (Phi) is 3.30. The summed E-state index contributed by atoms with van der Waals surface area (Å²) in [5.41, 5.74) is -0.752. The van der Waals surface area contributed by atoms with Gasteiger partial charge in [0.15, 0.2) is 0 Å². The van der Waals surface area contributed by atoms with Gasteiger partial charge in [0.2, 0.25) is 0 Å². The molecule has 1 nitrogen and oxygen atoms in total. The Hall–Kier alpha value is -0.160. The van der Waals surface area contributed by atoms with Crippen LogP contribution in [-0.2, 0) is 12.0 Å². The minimum absolute atomic E-state index is 0.670. The lowest BCUT2D eigenvalue weighted by Crippen LogP contribution is -2.22. The van der Waals surface area contributed by atoms with Crippen molar-refractivity contribution in [1.82, 2.24) is 0 Å². The molecule has 80 valence electrons. The normalized spacial score (nSPS) is 15.1. The van der Waals surface area contributed by atoms with E-state index in [0.29, 0.717) is 6.42 Å². The highest BCUT2D eigenvalue weighted by Gasteiger charge is 2.25. The third-order valence-corrected chi connectivity index (χ3v) is 4.95. The van der Waals surface area contributed by atoms with Crippen LogP contribution in [0.15, 0.2) is 33.4 Å². The van der Waals surface area contributed by atoms with Gasteiger partial charge in [-0.2, -0.15) is 0 Å². The molecule has 1 unspecified atom stereocenters. The molecule has 15 heavy (non-hydrogen) atoms. The van der Waals surface area contributed by atoms with E-state index in [-0.39, 0.29) is 0 Å². The maximum absolute atomic E-state index is 10.3. The van der Waals surface area contributed by atoms with Crippen LogP contribution in [-0.4, -0.2) is 5.11 Å². The standard InChI is InChI=1S/C11H11BrOS2/c1-11(13,9-3-2-6-14-9)7-8-4-5-10(12)15-8/h2-6,13H,7H2,1H3. The van der Waals surface area contributed by atoms with Crippen LogP contribution < -0.4 is 0 Å². The smallest absolute Gasteiger partial charge is 0.101 e. The van der Waals surface area contributed by atoms with Crippen molar-refractivity contribution in [3.63, 3.8) is 0 Å². The highest BCUT2D eigenvalue weighted by atomic mass is 79.9. The largest absolute Gasteiger partial charge is 0.384 e. The lowest BCUT2D eigenvalue weighted by atomic mass is 10.00. The van der Waals surface area contributed by atoms with Gasteiger partial charge in [0.25, 0.3) is 0 Å². The van der Waals surface area contributed by atoms with E-state index in [4.69, 9.17) is 0 Å². The van der Waals surface area contributed by atoms with Crippen LogP contribution in [0.3, 0.4) is 0 Å². The summed E-state index contributed by atoms with van der Waals surface area (Å²) in [6.45, 7) is 1.87. The lowest BCUT2D eigenvalue weighted by molar-refractivity contribution is 0.0623. The molecule has 2 aromatic heterocycles. The SMILES string of the molecule is CC(O)(Cc1ccc(Br)s1)c1cccs1. The van der Waals surface area contributed by atoms with E-state index in [1.54, 1.807) is 22.7 Å². The van der Waals surface area contributed by atoms with E-state index in [9.17, 15) is 5.11 Å². The molecule has 0 aliphatic heterocycles. The fraction of sp³-hybridized carbons (Fsp3) is 0.273. The van der Waals surface area contributed by atoms with Crippen molar-refractivity contribution in [2.75, 3.05) is 0 Å². The van der Waals surface area contributed by atoms with E-state index >= 15 is 0 Å². The maximum atomic E-state index is 10.3. The molecule has 0 saturated heterocycles. The fourth-order valence-corrected chi connectivity index (χ4v) is 3.88. The summed E-state index contributed by atoms with van der Waals surface area (Å²) < 4.78 is 1.11. The highest BCUT2D eigenvalue weighted by molar-refractivity contribution is 9.11. The Bertz CT molecular complexity index is 431. The van der Waals surface area contributed by atoms with E-state index in [1.807, 2.05) is 30.5 Å². The zero-order valence-electron chi connectivity index (χ0n) is 8.24. The van der Waals surface area contributed by atoms with Gasteiger partial charge in [0.1, 0.15) is 5.60 Å². The summed E-state index contributed by atoms with van der Waals surface area (Å²) in [6, 6.07) is 8.02. The molecule has 0 amide bonds. The van der Waals surface area contributed by atoms with Crippen molar-refractivity contribution in [2.45, 2.75) is 18.9 Å². The molecule has 2 aromatic rings. The van der Waals surface area contributed by atoms with Crippen LogP contribution in [0.2, 0.25) is 0 Å².